The van der Waals surface area contributed by atoms with Gasteiger partial charge in [-0.3, -0.25) is 0 Å². The monoisotopic (exact) mass is 193 g/mol. The van der Waals surface area contributed by atoms with Crippen LogP contribution in [0.15, 0.2) is 18.2 Å². The third kappa shape index (κ3) is 1.82. The van der Waals surface area contributed by atoms with Gasteiger partial charge in [-0.05, 0) is 37.4 Å². The third-order valence-corrected chi connectivity index (χ3v) is 2.73. The fourth-order valence-corrected chi connectivity index (χ4v) is 1.94. The van der Waals surface area contributed by atoms with E-state index in [1.165, 1.54) is 12.5 Å². The lowest BCUT2D eigenvalue weighted by molar-refractivity contribution is 0.397. The van der Waals surface area contributed by atoms with Gasteiger partial charge >= 0.3 is 0 Å². The van der Waals surface area contributed by atoms with Crippen LogP contribution in [0.3, 0.4) is 0 Å². The van der Waals surface area contributed by atoms with Gasteiger partial charge in [0.05, 0.1) is 0 Å². The minimum absolute atomic E-state index is 0.0273. The molecule has 2 rings (SSSR count). The Bertz CT molecular complexity index is 319. The van der Waals surface area contributed by atoms with Crippen LogP contribution in [0, 0.1) is 0 Å². The molecule has 14 heavy (non-hydrogen) atoms. The molecule has 0 saturated carbocycles. The maximum absolute atomic E-state index is 9.58. The lowest BCUT2D eigenvalue weighted by Gasteiger charge is -2.11. The SMILES string of the molecule is Oc1cccc(CC2CCCN2)c1O. The minimum Gasteiger partial charge on any atom is -0.504 e. The first-order valence-corrected chi connectivity index (χ1v) is 5.00. The Morgan fingerprint density at radius 3 is 2.93 bits per heavy atom. The van der Waals surface area contributed by atoms with Crippen molar-refractivity contribution in [3.8, 4) is 11.5 Å². The number of hydrogen-bond donors (Lipinski definition) is 3. The summed E-state index contributed by atoms with van der Waals surface area (Å²) in [5.41, 5.74) is 0.824. The molecule has 0 amide bonds. The summed E-state index contributed by atoms with van der Waals surface area (Å²) in [4.78, 5) is 0. The molecule has 3 N–H and O–H groups in total. The zero-order valence-electron chi connectivity index (χ0n) is 8.03. The molecule has 0 bridgehead atoms. The molecule has 1 aromatic rings. The average Bonchev–Trinajstić information content (AvgIpc) is 2.66. The molecule has 76 valence electrons. The highest BCUT2D eigenvalue weighted by Gasteiger charge is 2.16. The largest absolute Gasteiger partial charge is 0.504 e. The summed E-state index contributed by atoms with van der Waals surface area (Å²) in [6, 6.07) is 5.57. The van der Waals surface area contributed by atoms with Crippen molar-refractivity contribution in [2.75, 3.05) is 6.54 Å². The van der Waals surface area contributed by atoms with Crippen molar-refractivity contribution >= 4 is 0 Å². The summed E-state index contributed by atoms with van der Waals surface area (Å²) in [5.74, 6) is 0.00157. The van der Waals surface area contributed by atoms with E-state index in [1.54, 1.807) is 6.07 Å². The number of hydrogen-bond acceptors (Lipinski definition) is 3. The number of aromatic hydroxyl groups is 2. The van der Waals surface area contributed by atoms with E-state index in [4.69, 9.17) is 0 Å². The first-order chi connectivity index (χ1) is 6.77. The fourth-order valence-electron chi connectivity index (χ4n) is 1.94. The molecule has 1 unspecified atom stereocenters. The Hall–Kier alpha value is -1.22. The second-order valence-corrected chi connectivity index (χ2v) is 3.78. The van der Waals surface area contributed by atoms with Crippen molar-refractivity contribution in [3.05, 3.63) is 23.8 Å². The van der Waals surface area contributed by atoms with Crippen LogP contribution in [0.5, 0.6) is 11.5 Å². The minimum atomic E-state index is -0.0273. The van der Waals surface area contributed by atoms with Gasteiger partial charge in [-0.25, -0.2) is 0 Å². The van der Waals surface area contributed by atoms with E-state index in [-0.39, 0.29) is 11.5 Å². The Morgan fingerprint density at radius 2 is 2.21 bits per heavy atom. The first kappa shape index (κ1) is 9.34. The van der Waals surface area contributed by atoms with Gasteiger partial charge in [0.25, 0.3) is 0 Å². The molecule has 1 atom stereocenters. The van der Waals surface area contributed by atoms with Crippen LogP contribution >= 0.6 is 0 Å². The number of phenols is 2. The van der Waals surface area contributed by atoms with E-state index in [0.29, 0.717) is 6.04 Å². The molecule has 0 spiro atoms. The molecule has 0 radical (unpaired) electrons. The molecule has 3 nitrogen and oxygen atoms in total. The first-order valence-electron chi connectivity index (χ1n) is 5.00. The third-order valence-electron chi connectivity index (χ3n) is 2.73. The molecule has 0 aliphatic carbocycles. The van der Waals surface area contributed by atoms with Crippen LogP contribution in [-0.4, -0.2) is 22.8 Å². The van der Waals surface area contributed by atoms with Gasteiger partial charge < -0.3 is 15.5 Å². The summed E-state index contributed by atoms with van der Waals surface area (Å²) in [5, 5.41) is 22.2. The van der Waals surface area contributed by atoms with E-state index in [9.17, 15) is 10.2 Å². The van der Waals surface area contributed by atoms with Gasteiger partial charge in [0.1, 0.15) is 0 Å². The van der Waals surface area contributed by atoms with E-state index in [1.807, 2.05) is 6.07 Å². The van der Waals surface area contributed by atoms with Crippen molar-refractivity contribution in [3.63, 3.8) is 0 Å². The number of phenolic OH excluding ortho intramolecular Hbond substituents is 2. The van der Waals surface area contributed by atoms with Gasteiger partial charge in [-0.2, -0.15) is 0 Å². The lowest BCUT2D eigenvalue weighted by Crippen LogP contribution is -2.23. The Kier molecular flexibility index (Phi) is 2.59. The quantitative estimate of drug-likeness (QED) is 0.622. The van der Waals surface area contributed by atoms with Gasteiger partial charge in [0.2, 0.25) is 0 Å². The summed E-state index contributed by atoms with van der Waals surface area (Å²) in [7, 11) is 0. The Balaban J connectivity index is 2.11. The molecule has 1 fully saturated rings. The Morgan fingerprint density at radius 1 is 1.36 bits per heavy atom. The van der Waals surface area contributed by atoms with Gasteiger partial charge in [-0.15, -0.1) is 0 Å². The number of rotatable bonds is 2. The van der Waals surface area contributed by atoms with Crippen molar-refractivity contribution in [1.29, 1.82) is 0 Å². The van der Waals surface area contributed by atoms with Crippen molar-refractivity contribution < 1.29 is 10.2 Å². The molecule has 1 saturated heterocycles. The number of benzene rings is 1. The molecule has 1 heterocycles. The van der Waals surface area contributed by atoms with Crippen LogP contribution in [-0.2, 0) is 6.42 Å². The maximum Gasteiger partial charge on any atom is 0.160 e. The van der Waals surface area contributed by atoms with Gasteiger partial charge in [0, 0.05) is 6.04 Å². The second-order valence-electron chi connectivity index (χ2n) is 3.78. The van der Waals surface area contributed by atoms with Crippen LogP contribution in [0.2, 0.25) is 0 Å². The standard InChI is InChI=1S/C11H15NO2/c13-10-5-1-3-8(11(10)14)7-9-4-2-6-12-9/h1,3,5,9,12-14H,2,4,6-7H2. The van der Waals surface area contributed by atoms with Crippen LogP contribution in [0.1, 0.15) is 18.4 Å². The molecule has 3 heteroatoms. The van der Waals surface area contributed by atoms with Crippen LogP contribution < -0.4 is 5.32 Å². The highest BCUT2D eigenvalue weighted by atomic mass is 16.3. The van der Waals surface area contributed by atoms with Crippen molar-refractivity contribution in [2.45, 2.75) is 25.3 Å². The van der Waals surface area contributed by atoms with Crippen LogP contribution in [0.25, 0.3) is 0 Å². The summed E-state index contributed by atoms with van der Waals surface area (Å²) in [6.45, 7) is 1.06. The zero-order chi connectivity index (χ0) is 9.97. The lowest BCUT2D eigenvalue weighted by atomic mass is 10.0. The summed E-state index contributed by atoms with van der Waals surface area (Å²) < 4.78 is 0. The van der Waals surface area contributed by atoms with Crippen molar-refractivity contribution in [1.82, 2.24) is 5.32 Å². The summed E-state index contributed by atoms with van der Waals surface area (Å²) >= 11 is 0. The smallest absolute Gasteiger partial charge is 0.160 e. The van der Waals surface area contributed by atoms with Crippen molar-refractivity contribution in [2.24, 2.45) is 0 Å². The normalized spacial score (nSPS) is 21.3. The number of nitrogens with one attached hydrogen (secondary N) is 1. The number of para-hydroxylation sites is 1. The summed E-state index contributed by atoms with van der Waals surface area (Å²) in [6.07, 6.45) is 3.14. The van der Waals surface area contributed by atoms with E-state index in [2.05, 4.69) is 5.32 Å². The predicted molar refractivity (Wildman–Crippen MR) is 54.5 cm³/mol. The van der Waals surface area contributed by atoms with E-state index < -0.39 is 0 Å². The molecule has 1 aliphatic rings. The predicted octanol–water partition coefficient (Wildman–Crippen LogP) is 1.39. The van der Waals surface area contributed by atoms with Gasteiger partial charge in [0.15, 0.2) is 11.5 Å². The molecular weight excluding hydrogens is 178 g/mol. The zero-order valence-corrected chi connectivity index (χ0v) is 8.03. The van der Waals surface area contributed by atoms with Gasteiger partial charge in [-0.1, -0.05) is 12.1 Å². The average molecular weight is 193 g/mol. The van der Waals surface area contributed by atoms with E-state index >= 15 is 0 Å². The highest BCUT2D eigenvalue weighted by molar-refractivity contribution is 5.44. The topological polar surface area (TPSA) is 52.5 Å². The molecule has 1 aromatic carbocycles. The maximum atomic E-state index is 9.58. The fraction of sp³-hybridized carbons (Fsp3) is 0.455. The van der Waals surface area contributed by atoms with Crippen LogP contribution in [0.4, 0.5) is 0 Å². The molecular formula is C11H15NO2. The van der Waals surface area contributed by atoms with E-state index in [0.717, 1.165) is 24.9 Å². The highest BCUT2D eigenvalue weighted by Crippen LogP contribution is 2.29. The Labute approximate surface area is 83.4 Å². The molecule has 0 aromatic heterocycles. The second kappa shape index (κ2) is 3.88. The molecule has 1 aliphatic heterocycles.